The van der Waals surface area contributed by atoms with Gasteiger partial charge in [0, 0.05) is 11.0 Å². The van der Waals surface area contributed by atoms with Crippen molar-refractivity contribution in [2.24, 2.45) is 0 Å². The van der Waals surface area contributed by atoms with Crippen LogP contribution in [0.15, 0.2) is 18.2 Å². The van der Waals surface area contributed by atoms with Gasteiger partial charge in [-0.25, -0.2) is 0 Å². The highest BCUT2D eigenvalue weighted by Gasteiger charge is 2.23. The van der Waals surface area contributed by atoms with Crippen LogP contribution < -0.4 is 14.8 Å². The maximum absolute atomic E-state index is 12.3. The number of nitrogens with one attached hydrogen (secondary N) is 1. The molecule has 124 valence electrons. The maximum atomic E-state index is 12.3. The molecule has 0 saturated heterocycles. The molecule has 7 heteroatoms. The summed E-state index contributed by atoms with van der Waals surface area (Å²) in [6.45, 7) is 6.31. The average molecular weight is 335 g/mol. The third kappa shape index (κ3) is 3.79. The van der Waals surface area contributed by atoms with E-state index in [1.165, 1.54) is 18.4 Å². The molecule has 0 aliphatic heterocycles. The summed E-state index contributed by atoms with van der Waals surface area (Å²) in [5.74, 6) is 0.820. The van der Waals surface area contributed by atoms with Crippen LogP contribution in [0.25, 0.3) is 0 Å². The van der Waals surface area contributed by atoms with E-state index >= 15 is 0 Å². The molecule has 2 rings (SSSR count). The van der Waals surface area contributed by atoms with E-state index in [1.807, 2.05) is 0 Å². The molecule has 1 N–H and O–H groups in total. The fourth-order valence-electron chi connectivity index (χ4n) is 1.85. The Bertz CT molecular complexity index is 698. The number of rotatable bonds is 6. The van der Waals surface area contributed by atoms with Crippen LogP contribution in [0.3, 0.4) is 0 Å². The van der Waals surface area contributed by atoms with Gasteiger partial charge in [0.15, 0.2) is 11.5 Å². The smallest absolute Gasteiger partial charge is 0.257 e. The Hall–Kier alpha value is -2.15. The largest absolute Gasteiger partial charge is 0.493 e. The molecule has 0 unspecified atom stereocenters. The van der Waals surface area contributed by atoms with Crippen LogP contribution in [0, 0.1) is 0 Å². The Kier molecular flexibility index (Phi) is 5.20. The summed E-state index contributed by atoms with van der Waals surface area (Å²) in [6, 6.07) is 5.00. The third-order valence-electron chi connectivity index (χ3n) is 3.75. The van der Waals surface area contributed by atoms with Crippen LogP contribution in [-0.2, 0) is 5.41 Å². The second-order valence-electron chi connectivity index (χ2n) is 5.67. The second kappa shape index (κ2) is 6.95. The van der Waals surface area contributed by atoms with E-state index in [0.29, 0.717) is 22.2 Å². The van der Waals surface area contributed by atoms with Gasteiger partial charge in [-0.3, -0.25) is 10.1 Å². The lowest BCUT2D eigenvalue weighted by Gasteiger charge is -2.17. The molecule has 0 radical (unpaired) electrons. The molecule has 0 saturated carbocycles. The molecule has 2 aromatic rings. The number of amides is 1. The molecule has 0 aliphatic rings. The van der Waals surface area contributed by atoms with Gasteiger partial charge in [-0.2, -0.15) is 0 Å². The highest BCUT2D eigenvalue weighted by atomic mass is 32.1. The van der Waals surface area contributed by atoms with E-state index in [1.54, 1.807) is 25.3 Å². The molecular formula is C16H21N3O3S. The number of anilines is 1. The summed E-state index contributed by atoms with van der Waals surface area (Å²) >= 11 is 1.39. The summed E-state index contributed by atoms with van der Waals surface area (Å²) in [6.07, 6.45) is 0.950. The van der Waals surface area contributed by atoms with Crippen molar-refractivity contribution in [2.75, 3.05) is 19.5 Å². The lowest BCUT2D eigenvalue weighted by molar-refractivity contribution is 0.102. The number of carbonyl (C=O) groups is 1. The van der Waals surface area contributed by atoms with E-state index in [9.17, 15) is 4.79 Å². The SMILES string of the molecule is CCC(C)(C)c1nnc(NC(=O)c2ccc(OC)c(OC)c2)s1. The zero-order valence-corrected chi connectivity index (χ0v) is 14.8. The van der Waals surface area contributed by atoms with Crippen molar-refractivity contribution >= 4 is 22.4 Å². The summed E-state index contributed by atoms with van der Waals surface area (Å²) in [5, 5.41) is 12.4. The lowest BCUT2D eigenvalue weighted by atomic mass is 9.91. The summed E-state index contributed by atoms with van der Waals surface area (Å²) < 4.78 is 10.4. The van der Waals surface area contributed by atoms with Crippen molar-refractivity contribution in [3.8, 4) is 11.5 Å². The molecule has 23 heavy (non-hydrogen) atoms. The number of aromatic nitrogens is 2. The second-order valence-corrected chi connectivity index (χ2v) is 6.65. The van der Waals surface area contributed by atoms with Gasteiger partial charge in [0.05, 0.1) is 14.2 Å². The van der Waals surface area contributed by atoms with Crippen LogP contribution in [-0.4, -0.2) is 30.3 Å². The summed E-state index contributed by atoms with van der Waals surface area (Å²) in [4.78, 5) is 12.3. The number of benzene rings is 1. The number of ether oxygens (including phenoxy) is 2. The minimum Gasteiger partial charge on any atom is -0.493 e. The predicted octanol–water partition coefficient (Wildman–Crippen LogP) is 3.50. The standard InChI is InChI=1S/C16H21N3O3S/c1-6-16(2,3)14-18-19-15(23-14)17-13(20)10-7-8-11(21-4)12(9-10)22-5/h7-9H,6H2,1-5H3,(H,17,19,20). The summed E-state index contributed by atoms with van der Waals surface area (Å²) in [5.41, 5.74) is 0.415. The topological polar surface area (TPSA) is 73.3 Å². The van der Waals surface area contributed by atoms with Gasteiger partial charge in [0.1, 0.15) is 5.01 Å². The van der Waals surface area contributed by atoms with E-state index in [4.69, 9.17) is 9.47 Å². The number of hydrogen-bond donors (Lipinski definition) is 1. The van der Waals surface area contributed by atoms with Crippen LogP contribution in [0.4, 0.5) is 5.13 Å². The molecule has 0 aliphatic carbocycles. The van der Waals surface area contributed by atoms with Gasteiger partial charge < -0.3 is 9.47 Å². The third-order valence-corrected chi connectivity index (χ3v) is 4.96. The van der Waals surface area contributed by atoms with Crippen molar-refractivity contribution in [3.63, 3.8) is 0 Å². The normalized spacial score (nSPS) is 11.2. The molecule has 1 aromatic heterocycles. The van der Waals surface area contributed by atoms with E-state index in [-0.39, 0.29) is 11.3 Å². The average Bonchev–Trinajstić information content (AvgIpc) is 3.03. The Morgan fingerprint density at radius 2 is 1.91 bits per heavy atom. The molecule has 1 heterocycles. The first-order valence-corrected chi connectivity index (χ1v) is 8.10. The van der Waals surface area contributed by atoms with E-state index in [2.05, 4.69) is 36.3 Å². The molecular weight excluding hydrogens is 314 g/mol. The zero-order valence-electron chi connectivity index (χ0n) is 14.0. The molecule has 1 aromatic carbocycles. The molecule has 0 spiro atoms. The number of nitrogens with zero attached hydrogens (tertiary/aromatic N) is 2. The number of carbonyl (C=O) groups excluding carboxylic acids is 1. The van der Waals surface area contributed by atoms with Crippen molar-refractivity contribution in [3.05, 3.63) is 28.8 Å². The monoisotopic (exact) mass is 335 g/mol. The Morgan fingerprint density at radius 3 is 2.52 bits per heavy atom. The Labute approximate surface area is 139 Å². The maximum Gasteiger partial charge on any atom is 0.257 e. The first kappa shape index (κ1) is 17.2. The molecule has 0 fully saturated rings. The molecule has 0 bridgehead atoms. The molecule has 1 amide bonds. The fraction of sp³-hybridized carbons (Fsp3) is 0.438. The van der Waals surface area contributed by atoms with Crippen molar-refractivity contribution in [1.82, 2.24) is 10.2 Å². The van der Waals surface area contributed by atoms with Crippen LogP contribution in [0.5, 0.6) is 11.5 Å². The fourth-order valence-corrected chi connectivity index (χ4v) is 2.76. The minimum absolute atomic E-state index is 0.0516. The van der Waals surface area contributed by atoms with Crippen molar-refractivity contribution in [2.45, 2.75) is 32.6 Å². The first-order valence-electron chi connectivity index (χ1n) is 7.28. The van der Waals surface area contributed by atoms with Gasteiger partial charge in [0.2, 0.25) is 5.13 Å². The van der Waals surface area contributed by atoms with Gasteiger partial charge in [-0.1, -0.05) is 32.1 Å². The van der Waals surface area contributed by atoms with E-state index < -0.39 is 0 Å². The number of hydrogen-bond acceptors (Lipinski definition) is 6. The highest BCUT2D eigenvalue weighted by Crippen LogP contribution is 2.32. The van der Waals surface area contributed by atoms with Gasteiger partial charge in [-0.15, -0.1) is 10.2 Å². The zero-order chi connectivity index (χ0) is 17.0. The predicted molar refractivity (Wildman–Crippen MR) is 90.7 cm³/mol. The van der Waals surface area contributed by atoms with Crippen LogP contribution >= 0.6 is 11.3 Å². The van der Waals surface area contributed by atoms with E-state index in [0.717, 1.165) is 11.4 Å². The van der Waals surface area contributed by atoms with Gasteiger partial charge >= 0.3 is 0 Å². The quantitative estimate of drug-likeness (QED) is 0.874. The first-order chi connectivity index (χ1) is 10.9. The van der Waals surface area contributed by atoms with Crippen molar-refractivity contribution < 1.29 is 14.3 Å². The minimum atomic E-state index is -0.261. The Morgan fingerprint density at radius 1 is 1.22 bits per heavy atom. The molecule has 6 nitrogen and oxygen atoms in total. The van der Waals surface area contributed by atoms with Gasteiger partial charge in [-0.05, 0) is 24.6 Å². The molecule has 0 atom stereocenters. The van der Waals surface area contributed by atoms with Crippen molar-refractivity contribution in [1.29, 1.82) is 0 Å². The van der Waals surface area contributed by atoms with Crippen LogP contribution in [0.2, 0.25) is 0 Å². The number of methoxy groups -OCH3 is 2. The van der Waals surface area contributed by atoms with Gasteiger partial charge in [0.25, 0.3) is 5.91 Å². The Balaban J connectivity index is 2.16. The summed E-state index contributed by atoms with van der Waals surface area (Å²) in [7, 11) is 3.08. The van der Waals surface area contributed by atoms with Crippen LogP contribution in [0.1, 0.15) is 42.6 Å². The lowest BCUT2D eigenvalue weighted by Crippen LogP contribution is -2.14. The highest BCUT2D eigenvalue weighted by molar-refractivity contribution is 7.15.